The van der Waals surface area contributed by atoms with Gasteiger partial charge in [-0.05, 0) is 49.2 Å². The molecule has 1 fully saturated rings. The molecule has 2 aromatic carbocycles. The van der Waals surface area contributed by atoms with Gasteiger partial charge in [-0.1, -0.05) is 59.7 Å². The fourth-order valence-corrected chi connectivity index (χ4v) is 7.08. The highest BCUT2D eigenvalue weighted by molar-refractivity contribution is 7.89. The summed E-state index contributed by atoms with van der Waals surface area (Å²) in [5, 5.41) is 0.724. The number of benzene rings is 2. The summed E-state index contributed by atoms with van der Waals surface area (Å²) in [5.41, 5.74) is 0.893. The molecule has 1 heterocycles. The van der Waals surface area contributed by atoms with Crippen LogP contribution in [0.4, 0.5) is 0 Å². The summed E-state index contributed by atoms with van der Waals surface area (Å²) in [6, 6.07) is 9.36. The Bertz CT molecular complexity index is 1450. The van der Waals surface area contributed by atoms with Gasteiger partial charge in [0.25, 0.3) is 5.91 Å². The number of carbonyl (C=O) groups is 1. The zero-order valence-electron chi connectivity index (χ0n) is 18.5. The van der Waals surface area contributed by atoms with Crippen molar-refractivity contribution in [2.45, 2.75) is 49.6 Å². The molecule has 0 spiro atoms. The zero-order valence-corrected chi connectivity index (χ0v) is 21.6. The SMILES string of the molecule is C#CCn1c(=NC(=O)c2ccc(S(=O)(=O)N(C)C3CCCCC3)cc2)sc2ccc(Cl)c(Cl)c21. The Labute approximate surface area is 212 Å². The van der Waals surface area contributed by atoms with E-state index in [1.54, 1.807) is 23.7 Å². The van der Waals surface area contributed by atoms with Gasteiger partial charge in [-0.25, -0.2) is 8.42 Å². The molecule has 1 aliphatic rings. The van der Waals surface area contributed by atoms with E-state index in [1.165, 1.54) is 39.9 Å². The average Bonchev–Trinajstić information content (AvgIpc) is 3.19. The number of hydrogen-bond acceptors (Lipinski definition) is 4. The van der Waals surface area contributed by atoms with E-state index in [0.717, 1.165) is 36.8 Å². The first-order chi connectivity index (χ1) is 16.2. The molecule has 0 unspecified atom stereocenters. The van der Waals surface area contributed by atoms with E-state index in [4.69, 9.17) is 29.6 Å². The van der Waals surface area contributed by atoms with Crippen molar-refractivity contribution >= 4 is 60.7 Å². The molecule has 1 amide bonds. The molecule has 3 aromatic rings. The molecule has 1 aromatic heterocycles. The van der Waals surface area contributed by atoms with Gasteiger partial charge in [0.1, 0.15) is 0 Å². The molecule has 6 nitrogen and oxygen atoms in total. The van der Waals surface area contributed by atoms with Crippen LogP contribution < -0.4 is 4.80 Å². The van der Waals surface area contributed by atoms with Crippen molar-refractivity contribution in [1.82, 2.24) is 8.87 Å². The molecule has 1 aliphatic carbocycles. The van der Waals surface area contributed by atoms with Gasteiger partial charge in [-0.15, -0.1) is 6.42 Å². The minimum atomic E-state index is -3.64. The van der Waals surface area contributed by atoms with Crippen LogP contribution in [0.3, 0.4) is 0 Å². The predicted molar refractivity (Wildman–Crippen MR) is 137 cm³/mol. The number of terminal acetylenes is 1. The smallest absolute Gasteiger partial charge is 0.279 e. The third-order valence-corrected chi connectivity index (χ3v) is 9.81. The molecule has 10 heteroatoms. The van der Waals surface area contributed by atoms with Gasteiger partial charge in [0.05, 0.1) is 31.7 Å². The molecule has 4 rings (SSSR count). The number of hydrogen-bond donors (Lipinski definition) is 0. The summed E-state index contributed by atoms with van der Waals surface area (Å²) in [6.07, 6.45) is 10.5. The van der Waals surface area contributed by atoms with Crippen LogP contribution >= 0.6 is 34.5 Å². The van der Waals surface area contributed by atoms with Crippen molar-refractivity contribution < 1.29 is 13.2 Å². The van der Waals surface area contributed by atoms with Gasteiger partial charge in [-0.2, -0.15) is 9.30 Å². The van der Waals surface area contributed by atoms with Gasteiger partial charge in [-0.3, -0.25) is 4.79 Å². The van der Waals surface area contributed by atoms with Crippen molar-refractivity contribution in [2.24, 2.45) is 4.99 Å². The monoisotopic (exact) mass is 535 g/mol. The van der Waals surface area contributed by atoms with Gasteiger partial charge in [0.2, 0.25) is 10.0 Å². The van der Waals surface area contributed by atoms with Crippen LogP contribution in [0.15, 0.2) is 46.3 Å². The van der Waals surface area contributed by atoms with Gasteiger partial charge < -0.3 is 4.57 Å². The topological polar surface area (TPSA) is 71.7 Å². The predicted octanol–water partition coefficient (Wildman–Crippen LogP) is 5.34. The lowest BCUT2D eigenvalue weighted by atomic mass is 9.96. The summed E-state index contributed by atoms with van der Waals surface area (Å²) in [7, 11) is -2.01. The summed E-state index contributed by atoms with van der Waals surface area (Å²) in [4.78, 5) is 17.7. The number of aromatic nitrogens is 1. The lowest BCUT2D eigenvalue weighted by Gasteiger charge is -2.30. The van der Waals surface area contributed by atoms with Crippen LogP contribution in [0.5, 0.6) is 0 Å². The highest BCUT2D eigenvalue weighted by Gasteiger charge is 2.29. The molecule has 178 valence electrons. The first-order valence-electron chi connectivity index (χ1n) is 10.8. The summed E-state index contributed by atoms with van der Waals surface area (Å²) < 4.78 is 30.0. The average molecular weight is 537 g/mol. The van der Waals surface area contributed by atoms with Gasteiger partial charge >= 0.3 is 0 Å². The number of carbonyl (C=O) groups excluding carboxylic acids is 1. The number of fused-ring (bicyclic) bond motifs is 1. The second kappa shape index (κ2) is 10.2. The van der Waals surface area contributed by atoms with Crippen molar-refractivity contribution in [3.63, 3.8) is 0 Å². The first-order valence-corrected chi connectivity index (χ1v) is 13.8. The number of rotatable bonds is 5. The quantitative estimate of drug-likeness (QED) is 0.414. The molecule has 0 bridgehead atoms. The van der Waals surface area contributed by atoms with E-state index in [0.29, 0.717) is 20.4 Å². The zero-order chi connectivity index (χ0) is 24.5. The van der Waals surface area contributed by atoms with Crippen LogP contribution in [0.1, 0.15) is 42.5 Å². The molecule has 0 N–H and O–H groups in total. The molecule has 0 radical (unpaired) electrons. The maximum absolute atomic E-state index is 13.1. The highest BCUT2D eigenvalue weighted by atomic mass is 35.5. The van der Waals surface area contributed by atoms with Crippen molar-refractivity contribution in [3.05, 3.63) is 56.8 Å². The van der Waals surface area contributed by atoms with Crippen molar-refractivity contribution in [2.75, 3.05) is 7.05 Å². The maximum atomic E-state index is 13.1. The molecule has 0 aliphatic heterocycles. The number of thiazole rings is 1. The highest BCUT2D eigenvalue weighted by Crippen LogP contribution is 2.32. The van der Waals surface area contributed by atoms with Gasteiger partial charge in [0.15, 0.2) is 4.80 Å². The number of sulfonamides is 1. The third-order valence-electron chi connectivity index (χ3n) is 6.05. The second-order valence-electron chi connectivity index (χ2n) is 8.14. The number of halogens is 2. The van der Waals surface area contributed by atoms with Crippen LogP contribution in [-0.4, -0.2) is 36.3 Å². The minimum Gasteiger partial charge on any atom is -0.303 e. The maximum Gasteiger partial charge on any atom is 0.279 e. The molecular formula is C24H23Cl2N3O3S2. The Hall–Kier alpha value is -2.15. The summed E-state index contributed by atoms with van der Waals surface area (Å²) >= 11 is 13.8. The third kappa shape index (κ3) is 4.81. The summed E-state index contributed by atoms with van der Waals surface area (Å²) in [5.74, 6) is 2.04. The van der Waals surface area contributed by atoms with Gasteiger partial charge in [0, 0.05) is 18.7 Å². The minimum absolute atomic E-state index is 0.00921. The molecule has 0 saturated heterocycles. The van der Waals surface area contributed by atoms with E-state index in [2.05, 4.69) is 10.9 Å². The normalized spacial score (nSPS) is 15.7. The fraction of sp³-hybridized carbons (Fsp3) is 0.333. The van der Waals surface area contributed by atoms with E-state index >= 15 is 0 Å². The van der Waals surface area contributed by atoms with Crippen LogP contribution in [-0.2, 0) is 16.6 Å². The van der Waals surface area contributed by atoms with Crippen LogP contribution in [0.25, 0.3) is 10.2 Å². The second-order valence-corrected chi connectivity index (χ2v) is 11.9. The van der Waals surface area contributed by atoms with E-state index in [9.17, 15) is 13.2 Å². The van der Waals surface area contributed by atoms with Crippen LogP contribution in [0, 0.1) is 12.3 Å². The number of amides is 1. The lowest BCUT2D eigenvalue weighted by molar-refractivity contribution is 0.0998. The molecule has 1 saturated carbocycles. The fourth-order valence-electron chi connectivity index (χ4n) is 4.15. The molecule has 34 heavy (non-hydrogen) atoms. The molecular weight excluding hydrogens is 513 g/mol. The Morgan fingerprint density at radius 3 is 2.50 bits per heavy atom. The lowest BCUT2D eigenvalue weighted by Crippen LogP contribution is -2.38. The van der Waals surface area contributed by atoms with Crippen molar-refractivity contribution in [1.29, 1.82) is 0 Å². The Kier molecular flexibility index (Phi) is 7.51. The largest absolute Gasteiger partial charge is 0.303 e. The van der Waals surface area contributed by atoms with Crippen molar-refractivity contribution in [3.8, 4) is 12.3 Å². The first kappa shape index (κ1) is 25.0. The Morgan fingerprint density at radius 2 is 1.85 bits per heavy atom. The standard InChI is InChI=1S/C24H23Cl2N3O3S2/c1-3-15-29-22-20(14-13-19(25)21(22)26)33-24(29)27-23(30)16-9-11-18(12-10-16)34(31,32)28(2)17-7-5-4-6-8-17/h1,9-14,17H,4-8,15H2,2H3. The Balaban J connectivity index is 1.65. The molecule has 0 atom stereocenters. The van der Waals surface area contributed by atoms with E-state index in [-0.39, 0.29) is 23.0 Å². The van der Waals surface area contributed by atoms with Crippen LogP contribution in [0.2, 0.25) is 10.0 Å². The summed E-state index contributed by atoms with van der Waals surface area (Å²) in [6.45, 7) is 0.164. The van der Waals surface area contributed by atoms with E-state index in [1.807, 2.05) is 0 Å². The van der Waals surface area contributed by atoms with E-state index < -0.39 is 15.9 Å². The number of nitrogens with zero attached hydrogens (tertiary/aromatic N) is 3. The Morgan fingerprint density at radius 1 is 1.18 bits per heavy atom.